The van der Waals surface area contributed by atoms with Crippen LogP contribution in [0.4, 0.5) is 5.69 Å². The van der Waals surface area contributed by atoms with Crippen LogP contribution in [0, 0.1) is 0 Å². The molecule has 0 saturated carbocycles. The Morgan fingerprint density at radius 3 is 2.26 bits per heavy atom. The summed E-state index contributed by atoms with van der Waals surface area (Å²) in [6, 6.07) is 20.0. The van der Waals surface area contributed by atoms with Crippen LogP contribution >= 0.6 is 11.6 Å². The Kier molecular flexibility index (Phi) is 11.8. The second-order valence-corrected chi connectivity index (χ2v) is 11.3. The predicted molar refractivity (Wildman–Crippen MR) is 155 cm³/mol. The summed E-state index contributed by atoms with van der Waals surface area (Å²) in [5, 5.41) is 2.98. The summed E-state index contributed by atoms with van der Waals surface area (Å²) in [5.41, 5.74) is 1.23. The van der Waals surface area contributed by atoms with Crippen molar-refractivity contribution >= 4 is 39.1 Å². The van der Waals surface area contributed by atoms with Crippen molar-refractivity contribution < 1.29 is 22.7 Å². The van der Waals surface area contributed by atoms with Crippen molar-refractivity contribution in [3.63, 3.8) is 0 Å². The second-order valence-electron chi connectivity index (χ2n) is 9.27. The number of rotatable bonds is 15. The lowest BCUT2D eigenvalue weighted by atomic mass is 10.1. The molecule has 0 saturated heterocycles. The van der Waals surface area contributed by atoms with Gasteiger partial charge in [-0.3, -0.25) is 9.59 Å². The van der Waals surface area contributed by atoms with Gasteiger partial charge in [0.05, 0.1) is 10.7 Å². The Bertz CT molecular complexity index is 1350. The van der Waals surface area contributed by atoms with E-state index in [9.17, 15) is 18.0 Å². The summed E-state index contributed by atoms with van der Waals surface area (Å²) in [4.78, 5) is 25.2. The zero-order valence-corrected chi connectivity index (χ0v) is 23.7. The van der Waals surface area contributed by atoms with E-state index >= 15 is 0 Å². The molecule has 39 heavy (non-hydrogen) atoms. The van der Waals surface area contributed by atoms with Gasteiger partial charge in [0.2, 0.25) is 5.91 Å². The SMILES string of the molecule is CCCCCCCCCC(=O)NS(=O)(=O)c1ccccc1NC(=O)c1ccc(Cl)c(OCc2ccccc2)c1. The van der Waals surface area contributed by atoms with Crippen LogP contribution in [0.15, 0.2) is 77.7 Å². The van der Waals surface area contributed by atoms with Gasteiger partial charge in [0.15, 0.2) is 0 Å². The number of benzene rings is 3. The summed E-state index contributed by atoms with van der Waals surface area (Å²) >= 11 is 6.26. The van der Waals surface area contributed by atoms with Crippen LogP contribution in [0.2, 0.25) is 5.02 Å². The number of hydrogen-bond acceptors (Lipinski definition) is 5. The van der Waals surface area contributed by atoms with Crippen molar-refractivity contribution in [1.29, 1.82) is 0 Å². The van der Waals surface area contributed by atoms with Gasteiger partial charge in [-0.05, 0) is 42.3 Å². The molecule has 0 heterocycles. The lowest BCUT2D eigenvalue weighted by Crippen LogP contribution is -2.31. The molecule has 0 aliphatic heterocycles. The second kappa shape index (κ2) is 15.3. The van der Waals surface area contributed by atoms with E-state index in [-0.39, 0.29) is 29.2 Å². The predicted octanol–water partition coefficient (Wildman–Crippen LogP) is 7.12. The first kappa shape index (κ1) is 30.2. The van der Waals surface area contributed by atoms with Crippen molar-refractivity contribution in [1.82, 2.24) is 4.72 Å². The molecule has 0 aliphatic rings. The highest BCUT2D eigenvalue weighted by atomic mass is 35.5. The molecule has 0 fully saturated rings. The molecule has 0 bridgehead atoms. The van der Waals surface area contributed by atoms with E-state index in [1.807, 2.05) is 30.3 Å². The first-order valence-electron chi connectivity index (χ1n) is 13.2. The fourth-order valence-electron chi connectivity index (χ4n) is 3.99. The molecule has 0 radical (unpaired) electrons. The summed E-state index contributed by atoms with van der Waals surface area (Å²) in [5.74, 6) is -0.789. The average molecular weight is 571 g/mol. The Morgan fingerprint density at radius 1 is 0.846 bits per heavy atom. The van der Waals surface area contributed by atoms with Gasteiger partial charge in [-0.15, -0.1) is 0 Å². The first-order chi connectivity index (χ1) is 18.8. The lowest BCUT2D eigenvalue weighted by Gasteiger charge is -2.14. The quantitative estimate of drug-likeness (QED) is 0.189. The molecular formula is C30H35ClN2O5S. The van der Waals surface area contributed by atoms with Crippen molar-refractivity contribution in [2.75, 3.05) is 5.32 Å². The molecule has 9 heteroatoms. The summed E-state index contributed by atoms with van der Waals surface area (Å²) in [7, 11) is -4.19. The normalized spacial score (nSPS) is 11.1. The number of ether oxygens (including phenoxy) is 1. The Balaban J connectivity index is 1.62. The lowest BCUT2D eigenvalue weighted by molar-refractivity contribution is -0.119. The number of amides is 2. The van der Waals surface area contributed by atoms with Gasteiger partial charge in [0.1, 0.15) is 17.3 Å². The largest absolute Gasteiger partial charge is 0.487 e. The van der Waals surface area contributed by atoms with E-state index in [1.54, 1.807) is 12.1 Å². The summed E-state index contributed by atoms with van der Waals surface area (Å²) in [6.45, 7) is 2.43. The number of sulfonamides is 1. The van der Waals surface area contributed by atoms with Gasteiger partial charge in [0, 0.05) is 12.0 Å². The maximum Gasteiger partial charge on any atom is 0.266 e. The molecule has 3 aromatic rings. The van der Waals surface area contributed by atoms with Crippen molar-refractivity contribution in [2.45, 2.75) is 69.8 Å². The smallest absolute Gasteiger partial charge is 0.266 e. The number of halogens is 1. The summed E-state index contributed by atoms with van der Waals surface area (Å²) < 4.78 is 33.9. The Labute approximate surface area is 236 Å². The fourth-order valence-corrected chi connectivity index (χ4v) is 5.34. The van der Waals surface area contributed by atoms with Crippen LogP contribution in [0.25, 0.3) is 0 Å². The van der Waals surface area contributed by atoms with E-state index < -0.39 is 21.8 Å². The van der Waals surface area contributed by atoms with Crippen LogP contribution in [0.5, 0.6) is 5.75 Å². The number of unbranched alkanes of at least 4 members (excludes halogenated alkanes) is 6. The van der Waals surface area contributed by atoms with Crippen LogP contribution < -0.4 is 14.8 Å². The minimum atomic E-state index is -4.19. The topological polar surface area (TPSA) is 102 Å². The third kappa shape index (κ3) is 9.71. The van der Waals surface area contributed by atoms with Crippen LogP contribution in [-0.2, 0) is 21.4 Å². The molecular weight excluding hydrogens is 536 g/mol. The number of carbonyl (C=O) groups excluding carboxylic acids is 2. The van der Waals surface area contributed by atoms with E-state index in [4.69, 9.17) is 16.3 Å². The molecule has 7 nitrogen and oxygen atoms in total. The van der Waals surface area contributed by atoms with E-state index in [2.05, 4.69) is 17.0 Å². The zero-order valence-electron chi connectivity index (χ0n) is 22.1. The van der Waals surface area contributed by atoms with Crippen LogP contribution in [0.1, 0.15) is 74.2 Å². The standard InChI is InChI=1S/C30H35ClN2O5S/c1-2-3-4-5-6-7-11-18-29(34)33-39(36,37)28-17-13-12-16-26(28)32-30(35)24-19-20-25(31)27(21-24)38-22-23-14-9-8-10-15-23/h8-10,12-17,19-21H,2-7,11,18,22H2,1H3,(H,32,35)(H,33,34). The third-order valence-electron chi connectivity index (χ3n) is 6.11. The number of carbonyl (C=O) groups is 2. The van der Waals surface area contributed by atoms with Gasteiger partial charge in [0.25, 0.3) is 15.9 Å². The van der Waals surface area contributed by atoms with Crippen molar-refractivity contribution in [3.8, 4) is 5.75 Å². The van der Waals surface area contributed by atoms with Gasteiger partial charge in [-0.2, -0.15) is 0 Å². The third-order valence-corrected chi connectivity index (χ3v) is 7.85. The molecule has 0 unspecified atom stereocenters. The first-order valence-corrected chi connectivity index (χ1v) is 15.1. The van der Waals surface area contributed by atoms with Crippen molar-refractivity contribution in [2.24, 2.45) is 0 Å². The Morgan fingerprint density at radius 2 is 1.51 bits per heavy atom. The molecule has 208 valence electrons. The molecule has 0 aromatic heterocycles. The number of hydrogen-bond donors (Lipinski definition) is 2. The maximum absolute atomic E-state index is 13.0. The molecule has 3 aromatic carbocycles. The van der Waals surface area contributed by atoms with Crippen LogP contribution in [-0.4, -0.2) is 20.2 Å². The fraction of sp³-hybridized carbons (Fsp3) is 0.333. The van der Waals surface area contributed by atoms with Gasteiger partial charge >= 0.3 is 0 Å². The molecule has 2 amide bonds. The summed E-state index contributed by atoms with van der Waals surface area (Å²) in [6.07, 6.45) is 7.32. The number of anilines is 1. The van der Waals surface area contributed by atoms with E-state index in [0.29, 0.717) is 17.2 Å². The molecule has 0 aliphatic carbocycles. The average Bonchev–Trinajstić information content (AvgIpc) is 2.92. The Hall–Kier alpha value is -3.36. The highest BCUT2D eigenvalue weighted by molar-refractivity contribution is 7.90. The maximum atomic E-state index is 13.0. The van der Waals surface area contributed by atoms with Gasteiger partial charge in [-0.25, -0.2) is 13.1 Å². The highest BCUT2D eigenvalue weighted by Gasteiger charge is 2.22. The molecule has 0 atom stereocenters. The zero-order chi connectivity index (χ0) is 28.1. The molecule has 2 N–H and O–H groups in total. The molecule has 3 rings (SSSR count). The van der Waals surface area contributed by atoms with Gasteiger partial charge in [-0.1, -0.05) is 99.5 Å². The highest BCUT2D eigenvalue weighted by Crippen LogP contribution is 2.28. The monoisotopic (exact) mass is 570 g/mol. The minimum Gasteiger partial charge on any atom is -0.487 e. The van der Waals surface area contributed by atoms with E-state index in [0.717, 1.165) is 24.8 Å². The van der Waals surface area contributed by atoms with Crippen LogP contribution in [0.3, 0.4) is 0 Å². The van der Waals surface area contributed by atoms with Gasteiger partial charge < -0.3 is 10.1 Å². The van der Waals surface area contributed by atoms with Crippen molar-refractivity contribution in [3.05, 3.63) is 88.9 Å². The minimum absolute atomic E-state index is 0.0560. The molecule has 0 spiro atoms. The van der Waals surface area contributed by atoms with E-state index in [1.165, 1.54) is 49.6 Å². The number of nitrogens with one attached hydrogen (secondary N) is 2. The number of para-hydroxylation sites is 1.